The standard InChI is InChI=1S/C12H10FNO3/c1-17-12(16)5-4-11(15)8-2-3-10(13)9(6-8)7-14/h2-3,6H,4-5H2,1H3. The Kier molecular flexibility index (Phi) is 4.35. The molecular formula is C12H10FNO3. The van der Waals surface area contributed by atoms with E-state index in [9.17, 15) is 14.0 Å². The highest BCUT2D eigenvalue weighted by atomic mass is 19.1. The smallest absolute Gasteiger partial charge is 0.305 e. The van der Waals surface area contributed by atoms with Gasteiger partial charge in [0, 0.05) is 12.0 Å². The number of benzene rings is 1. The van der Waals surface area contributed by atoms with Gasteiger partial charge in [-0.05, 0) is 18.2 Å². The molecule has 1 aromatic rings. The van der Waals surface area contributed by atoms with Crippen LogP contribution in [0.1, 0.15) is 28.8 Å². The van der Waals surface area contributed by atoms with Crippen LogP contribution in [0.25, 0.3) is 0 Å². The van der Waals surface area contributed by atoms with Gasteiger partial charge in [0.25, 0.3) is 0 Å². The van der Waals surface area contributed by atoms with E-state index in [1.165, 1.54) is 19.2 Å². The molecule has 0 fully saturated rings. The molecule has 0 aliphatic heterocycles. The summed E-state index contributed by atoms with van der Waals surface area (Å²) in [5.41, 5.74) is 0.0285. The molecule has 0 spiro atoms. The summed E-state index contributed by atoms with van der Waals surface area (Å²) in [6, 6.07) is 5.17. The first-order valence-corrected chi connectivity index (χ1v) is 4.88. The molecule has 1 aromatic carbocycles. The van der Waals surface area contributed by atoms with Crippen LogP contribution in [0.4, 0.5) is 4.39 Å². The summed E-state index contributed by atoms with van der Waals surface area (Å²) >= 11 is 0. The Labute approximate surface area is 97.6 Å². The monoisotopic (exact) mass is 235 g/mol. The Balaban J connectivity index is 2.77. The fourth-order valence-corrected chi connectivity index (χ4v) is 1.25. The van der Waals surface area contributed by atoms with Gasteiger partial charge >= 0.3 is 5.97 Å². The number of carbonyl (C=O) groups excluding carboxylic acids is 2. The number of carbonyl (C=O) groups is 2. The number of hydrogen-bond donors (Lipinski definition) is 0. The average molecular weight is 235 g/mol. The maximum Gasteiger partial charge on any atom is 0.305 e. The molecule has 0 unspecified atom stereocenters. The summed E-state index contributed by atoms with van der Waals surface area (Å²) < 4.78 is 17.4. The molecule has 4 nitrogen and oxygen atoms in total. The minimum Gasteiger partial charge on any atom is -0.469 e. The number of ketones is 1. The molecule has 0 atom stereocenters. The molecule has 17 heavy (non-hydrogen) atoms. The van der Waals surface area contributed by atoms with Gasteiger partial charge in [-0.2, -0.15) is 5.26 Å². The molecule has 1 rings (SSSR count). The molecule has 0 saturated heterocycles. The Morgan fingerprint density at radius 2 is 2.12 bits per heavy atom. The van der Waals surface area contributed by atoms with Crippen LogP contribution in [0, 0.1) is 17.1 Å². The lowest BCUT2D eigenvalue weighted by Gasteiger charge is -2.01. The van der Waals surface area contributed by atoms with Crippen LogP contribution in [0.5, 0.6) is 0 Å². The maximum atomic E-state index is 13.0. The van der Waals surface area contributed by atoms with E-state index in [-0.39, 0.29) is 29.8 Å². The highest BCUT2D eigenvalue weighted by Crippen LogP contribution is 2.12. The molecule has 88 valence electrons. The van der Waals surface area contributed by atoms with Crippen molar-refractivity contribution in [2.24, 2.45) is 0 Å². The van der Waals surface area contributed by atoms with Gasteiger partial charge < -0.3 is 4.74 Å². The zero-order chi connectivity index (χ0) is 12.8. The van der Waals surface area contributed by atoms with E-state index < -0.39 is 11.8 Å². The zero-order valence-corrected chi connectivity index (χ0v) is 9.20. The van der Waals surface area contributed by atoms with Crippen molar-refractivity contribution in [2.75, 3.05) is 7.11 Å². The fourth-order valence-electron chi connectivity index (χ4n) is 1.25. The fraction of sp³-hybridized carbons (Fsp3) is 0.250. The van der Waals surface area contributed by atoms with Crippen molar-refractivity contribution in [1.29, 1.82) is 5.26 Å². The van der Waals surface area contributed by atoms with E-state index in [1.807, 2.05) is 0 Å². The molecule has 0 aromatic heterocycles. The topological polar surface area (TPSA) is 67.2 Å². The van der Waals surface area contributed by atoms with Crippen LogP contribution in [0.2, 0.25) is 0 Å². The van der Waals surface area contributed by atoms with Crippen LogP contribution in [0.3, 0.4) is 0 Å². The third-order valence-corrected chi connectivity index (χ3v) is 2.19. The highest BCUT2D eigenvalue weighted by Gasteiger charge is 2.11. The number of nitrogens with zero attached hydrogens (tertiary/aromatic N) is 1. The molecule has 0 N–H and O–H groups in total. The predicted molar refractivity (Wildman–Crippen MR) is 56.7 cm³/mol. The van der Waals surface area contributed by atoms with Crippen molar-refractivity contribution in [3.63, 3.8) is 0 Å². The predicted octanol–water partition coefficient (Wildman–Crippen LogP) is 1.83. The van der Waals surface area contributed by atoms with Crippen LogP contribution in [0.15, 0.2) is 18.2 Å². The molecule has 0 bridgehead atoms. The van der Waals surface area contributed by atoms with Gasteiger partial charge in [0.05, 0.1) is 19.1 Å². The van der Waals surface area contributed by atoms with Crippen LogP contribution >= 0.6 is 0 Å². The third-order valence-electron chi connectivity index (χ3n) is 2.19. The molecule has 0 radical (unpaired) electrons. The molecule has 5 heteroatoms. The Morgan fingerprint density at radius 1 is 1.41 bits per heavy atom. The van der Waals surface area contributed by atoms with Gasteiger partial charge in [0.15, 0.2) is 5.78 Å². The molecule has 0 amide bonds. The Hall–Kier alpha value is -2.22. The lowest BCUT2D eigenvalue weighted by atomic mass is 10.0. The SMILES string of the molecule is COC(=O)CCC(=O)c1ccc(F)c(C#N)c1. The Bertz CT molecular complexity index is 491. The minimum absolute atomic E-state index is 0.0246. The van der Waals surface area contributed by atoms with Crippen molar-refractivity contribution in [3.05, 3.63) is 35.1 Å². The second-order valence-corrected chi connectivity index (χ2v) is 3.31. The van der Waals surface area contributed by atoms with Crippen molar-refractivity contribution in [1.82, 2.24) is 0 Å². The second kappa shape index (κ2) is 5.75. The van der Waals surface area contributed by atoms with Crippen LogP contribution in [-0.2, 0) is 9.53 Å². The number of methoxy groups -OCH3 is 1. The van der Waals surface area contributed by atoms with E-state index in [4.69, 9.17) is 5.26 Å². The average Bonchev–Trinajstić information content (AvgIpc) is 2.35. The normalized spacial score (nSPS) is 9.47. The largest absolute Gasteiger partial charge is 0.469 e. The van der Waals surface area contributed by atoms with Gasteiger partial charge in [-0.3, -0.25) is 9.59 Å². The van der Waals surface area contributed by atoms with E-state index in [0.29, 0.717) is 0 Å². The van der Waals surface area contributed by atoms with E-state index in [1.54, 1.807) is 6.07 Å². The van der Waals surface area contributed by atoms with Crippen molar-refractivity contribution < 1.29 is 18.7 Å². The molecule has 0 heterocycles. The first-order chi connectivity index (χ1) is 8.08. The van der Waals surface area contributed by atoms with E-state index >= 15 is 0 Å². The zero-order valence-electron chi connectivity index (χ0n) is 9.20. The first kappa shape index (κ1) is 12.8. The van der Waals surface area contributed by atoms with E-state index in [2.05, 4.69) is 4.74 Å². The van der Waals surface area contributed by atoms with Gasteiger partial charge in [-0.25, -0.2) is 4.39 Å². The molecule has 0 saturated carbocycles. The maximum absolute atomic E-state index is 13.0. The molecule has 0 aliphatic rings. The van der Waals surface area contributed by atoms with Gasteiger partial charge in [-0.1, -0.05) is 0 Å². The van der Waals surface area contributed by atoms with Crippen LogP contribution in [-0.4, -0.2) is 18.9 Å². The summed E-state index contributed by atoms with van der Waals surface area (Å²) in [7, 11) is 1.23. The van der Waals surface area contributed by atoms with Gasteiger partial charge in [-0.15, -0.1) is 0 Å². The van der Waals surface area contributed by atoms with E-state index in [0.717, 1.165) is 6.07 Å². The second-order valence-electron chi connectivity index (χ2n) is 3.31. The quantitative estimate of drug-likeness (QED) is 0.589. The number of nitriles is 1. The number of hydrogen-bond acceptors (Lipinski definition) is 4. The summed E-state index contributed by atoms with van der Waals surface area (Å²) in [6.07, 6.45) is -0.0578. The number of Topliss-reactive ketones (excluding diaryl/α,β-unsaturated/α-hetero) is 1. The van der Waals surface area contributed by atoms with Crippen molar-refractivity contribution >= 4 is 11.8 Å². The van der Waals surface area contributed by atoms with Gasteiger partial charge in [0.1, 0.15) is 11.9 Å². The minimum atomic E-state index is -0.669. The highest BCUT2D eigenvalue weighted by molar-refractivity contribution is 5.97. The number of halogens is 1. The van der Waals surface area contributed by atoms with Crippen LogP contribution < -0.4 is 0 Å². The summed E-state index contributed by atoms with van der Waals surface area (Å²) in [5, 5.41) is 8.61. The molecule has 0 aliphatic carbocycles. The van der Waals surface area contributed by atoms with Gasteiger partial charge in [0.2, 0.25) is 0 Å². The number of rotatable bonds is 4. The lowest BCUT2D eigenvalue weighted by Crippen LogP contribution is -2.06. The Morgan fingerprint density at radius 3 is 2.71 bits per heavy atom. The first-order valence-electron chi connectivity index (χ1n) is 4.88. The third kappa shape index (κ3) is 3.38. The summed E-state index contributed by atoms with van der Waals surface area (Å²) in [4.78, 5) is 22.4. The molecular weight excluding hydrogens is 225 g/mol. The van der Waals surface area contributed by atoms with Crippen molar-refractivity contribution in [2.45, 2.75) is 12.8 Å². The lowest BCUT2D eigenvalue weighted by molar-refractivity contribution is -0.140. The summed E-state index contributed by atoms with van der Waals surface area (Å²) in [6.45, 7) is 0. The summed E-state index contributed by atoms with van der Waals surface area (Å²) in [5.74, 6) is -1.48. The van der Waals surface area contributed by atoms with Crippen molar-refractivity contribution in [3.8, 4) is 6.07 Å². The number of ether oxygens (including phenoxy) is 1. The number of esters is 1.